The van der Waals surface area contributed by atoms with Gasteiger partial charge in [-0.25, -0.2) is 0 Å². The van der Waals surface area contributed by atoms with Crippen molar-refractivity contribution in [2.24, 2.45) is 0 Å². The zero-order valence-corrected chi connectivity index (χ0v) is 12.3. The summed E-state index contributed by atoms with van der Waals surface area (Å²) in [5, 5.41) is 7.12. The molecule has 0 unspecified atom stereocenters. The molecule has 1 aromatic rings. The molecule has 6 nitrogen and oxygen atoms in total. The number of aromatic nitrogens is 2. The highest BCUT2D eigenvalue weighted by Gasteiger charge is 2.36. The number of nitrogens with one attached hydrogen (secondary N) is 1. The summed E-state index contributed by atoms with van der Waals surface area (Å²) in [6, 6.07) is 0.237. The lowest BCUT2D eigenvalue weighted by molar-refractivity contribution is -0.122. The molecule has 3 rings (SSSR count). The van der Waals surface area contributed by atoms with Crippen molar-refractivity contribution in [1.82, 2.24) is 15.5 Å². The standard InChI is InChI=1S/C14H22N4O2/c1-14(2,3)12-16-13(17-20-12)18-8-4-5-10(18)11(19)15-9-6-7-9/h9-10H,4-8H2,1-3H3,(H,15,19)/t10-/m0/s1. The number of hydrogen-bond donors (Lipinski definition) is 1. The molecule has 1 amide bonds. The van der Waals surface area contributed by atoms with Crippen molar-refractivity contribution < 1.29 is 9.32 Å². The van der Waals surface area contributed by atoms with E-state index < -0.39 is 0 Å². The molecule has 0 radical (unpaired) electrons. The van der Waals surface area contributed by atoms with Gasteiger partial charge in [0.2, 0.25) is 11.8 Å². The monoisotopic (exact) mass is 278 g/mol. The second kappa shape index (κ2) is 4.75. The van der Waals surface area contributed by atoms with Gasteiger partial charge in [0.15, 0.2) is 0 Å². The van der Waals surface area contributed by atoms with Crippen LogP contribution in [-0.4, -0.2) is 34.7 Å². The average molecular weight is 278 g/mol. The summed E-state index contributed by atoms with van der Waals surface area (Å²) in [7, 11) is 0. The normalized spacial score (nSPS) is 23.1. The minimum Gasteiger partial charge on any atom is -0.352 e. The summed E-state index contributed by atoms with van der Waals surface area (Å²) in [6.45, 7) is 6.91. The molecule has 0 aromatic carbocycles. The zero-order chi connectivity index (χ0) is 14.3. The number of nitrogens with zero attached hydrogens (tertiary/aromatic N) is 3. The molecular weight excluding hydrogens is 256 g/mol. The van der Waals surface area contributed by atoms with Gasteiger partial charge in [-0.2, -0.15) is 4.98 Å². The van der Waals surface area contributed by atoms with Crippen molar-refractivity contribution in [2.45, 2.75) is 64.0 Å². The minimum atomic E-state index is -0.170. The Morgan fingerprint density at radius 2 is 2.10 bits per heavy atom. The highest BCUT2D eigenvalue weighted by Crippen LogP contribution is 2.28. The van der Waals surface area contributed by atoms with E-state index in [9.17, 15) is 4.79 Å². The van der Waals surface area contributed by atoms with Crippen LogP contribution in [0.2, 0.25) is 0 Å². The summed E-state index contributed by atoms with van der Waals surface area (Å²) in [6.07, 6.45) is 4.06. The number of carbonyl (C=O) groups excluding carboxylic acids is 1. The molecule has 6 heteroatoms. The molecule has 1 N–H and O–H groups in total. The van der Waals surface area contributed by atoms with Crippen LogP contribution in [0, 0.1) is 0 Å². The predicted molar refractivity (Wildman–Crippen MR) is 74.5 cm³/mol. The van der Waals surface area contributed by atoms with Crippen molar-refractivity contribution in [3.63, 3.8) is 0 Å². The van der Waals surface area contributed by atoms with Gasteiger partial charge in [0.25, 0.3) is 5.95 Å². The van der Waals surface area contributed by atoms with Crippen LogP contribution in [0.15, 0.2) is 4.52 Å². The van der Waals surface area contributed by atoms with Gasteiger partial charge >= 0.3 is 0 Å². The van der Waals surface area contributed by atoms with Crippen LogP contribution in [-0.2, 0) is 10.2 Å². The van der Waals surface area contributed by atoms with Gasteiger partial charge in [-0.1, -0.05) is 20.8 Å². The van der Waals surface area contributed by atoms with E-state index >= 15 is 0 Å². The van der Waals surface area contributed by atoms with Crippen molar-refractivity contribution in [1.29, 1.82) is 0 Å². The van der Waals surface area contributed by atoms with E-state index in [4.69, 9.17) is 4.52 Å². The first-order valence-electron chi connectivity index (χ1n) is 7.36. The van der Waals surface area contributed by atoms with E-state index in [0.29, 0.717) is 17.9 Å². The van der Waals surface area contributed by atoms with Gasteiger partial charge in [0.1, 0.15) is 6.04 Å². The Morgan fingerprint density at radius 3 is 2.70 bits per heavy atom. The predicted octanol–water partition coefficient (Wildman–Crippen LogP) is 1.61. The fraction of sp³-hybridized carbons (Fsp3) is 0.786. The van der Waals surface area contributed by atoms with Crippen molar-refractivity contribution in [3.8, 4) is 0 Å². The summed E-state index contributed by atoms with van der Waals surface area (Å²) in [4.78, 5) is 18.7. The van der Waals surface area contributed by atoms with Crippen LogP contribution < -0.4 is 10.2 Å². The van der Waals surface area contributed by atoms with Gasteiger partial charge < -0.3 is 14.7 Å². The molecule has 2 fully saturated rings. The van der Waals surface area contributed by atoms with Gasteiger partial charge in [0, 0.05) is 18.0 Å². The van der Waals surface area contributed by atoms with Crippen molar-refractivity contribution >= 4 is 11.9 Å². The Labute approximate surface area is 118 Å². The molecule has 1 saturated heterocycles. The third kappa shape index (κ3) is 2.64. The molecule has 1 aliphatic carbocycles. The Bertz CT molecular complexity index is 502. The number of amides is 1. The maximum atomic E-state index is 12.2. The Kier molecular flexibility index (Phi) is 3.18. The van der Waals surface area contributed by atoms with Crippen LogP contribution in [0.5, 0.6) is 0 Å². The number of carbonyl (C=O) groups is 1. The summed E-state index contributed by atoms with van der Waals surface area (Å²) in [5.74, 6) is 1.26. The van der Waals surface area contributed by atoms with Crippen LogP contribution in [0.1, 0.15) is 52.3 Å². The van der Waals surface area contributed by atoms with Crippen molar-refractivity contribution in [2.75, 3.05) is 11.4 Å². The summed E-state index contributed by atoms with van der Waals surface area (Å²) >= 11 is 0. The molecule has 1 saturated carbocycles. The molecule has 1 aliphatic heterocycles. The number of anilines is 1. The molecular formula is C14H22N4O2. The highest BCUT2D eigenvalue weighted by atomic mass is 16.5. The lowest BCUT2D eigenvalue weighted by Gasteiger charge is -2.21. The topological polar surface area (TPSA) is 71.3 Å². The largest absolute Gasteiger partial charge is 0.352 e. The first-order valence-corrected chi connectivity index (χ1v) is 7.36. The van der Waals surface area contributed by atoms with Gasteiger partial charge in [-0.05, 0) is 30.8 Å². The molecule has 110 valence electrons. The first-order chi connectivity index (χ1) is 9.45. The lowest BCUT2D eigenvalue weighted by atomic mass is 9.97. The molecule has 0 bridgehead atoms. The maximum Gasteiger partial charge on any atom is 0.266 e. The highest BCUT2D eigenvalue weighted by molar-refractivity contribution is 5.85. The maximum absolute atomic E-state index is 12.2. The average Bonchev–Trinajstić information content (AvgIpc) is 2.91. The first kappa shape index (κ1) is 13.4. The van der Waals surface area contributed by atoms with E-state index in [2.05, 4.69) is 15.5 Å². The second-order valence-electron chi connectivity index (χ2n) is 6.78. The Morgan fingerprint density at radius 1 is 1.35 bits per heavy atom. The zero-order valence-electron chi connectivity index (χ0n) is 12.3. The second-order valence-corrected chi connectivity index (χ2v) is 6.78. The van der Waals surface area contributed by atoms with Crippen molar-refractivity contribution in [3.05, 3.63) is 5.89 Å². The van der Waals surface area contributed by atoms with Gasteiger partial charge in [-0.15, -0.1) is 0 Å². The molecule has 2 aliphatic rings. The molecule has 1 atom stereocenters. The number of hydrogen-bond acceptors (Lipinski definition) is 5. The van der Waals surface area contributed by atoms with Gasteiger partial charge in [-0.3, -0.25) is 4.79 Å². The molecule has 20 heavy (non-hydrogen) atoms. The van der Waals surface area contributed by atoms with Crippen LogP contribution in [0.4, 0.5) is 5.95 Å². The number of rotatable bonds is 3. The third-order valence-electron chi connectivity index (χ3n) is 3.79. The molecule has 2 heterocycles. The van der Waals surface area contributed by atoms with Crippen LogP contribution in [0.25, 0.3) is 0 Å². The molecule has 1 aromatic heterocycles. The van der Waals surface area contributed by atoms with E-state index in [-0.39, 0.29) is 17.4 Å². The smallest absolute Gasteiger partial charge is 0.266 e. The summed E-state index contributed by atoms with van der Waals surface area (Å²) < 4.78 is 5.33. The summed E-state index contributed by atoms with van der Waals surface area (Å²) in [5.41, 5.74) is -0.170. The Hall–Kier alpha value is -1.59. The molecule has 0 spiro atoms. The van der Waals surface area contributed by atoms with Crippen LogP contribution in [0.3, 0.4) is 0 Å². The minimum absolute atomic E-state index is 0.104. The van der Waals surface area contributed by atoms with E-state index in [1.165, 1.54) is 0 Å². The third-order valence-corrected chi connectivity index (χ3v) is 3.79. The van der Waals surface area contributed by atoms with Crippen LogP contribution >= 0.6 is 0 Å². The fourth-order valence-electron chi connectivity index (χ4n) is 2.44. The van der Waals surface area contributed by atoms with E-state index in [1.807, 2.05) is 25.7 Å². The fourth-order valence-corrected chi connectivity index (χ4v) is 2.44. The quantitative estimate of drug-likeness (QED) is 0.909. The SMILES string of the molecule is CC(C)(C)c1nc(N2CCC[C@H]2C(=O)NC2CC2)no1. The van der Waals surface area contributed by atoms with E-state index in [1.54, 1.807) is 0 Å². The van der Waals surface area contributed by atoms with E-state index in [0.717, 1.165) is 32.2 Å². The Balaban J connectivity index is 1.74. The van der Waals surface area contributed by atoms with Gasteiger partial charge in [0.05, 0.1) is 0 Å². The lowest BCUT2D eigenvalue weighted by Crippen LogP contribution is -2.44.